The molecule has 0 saturated carbocycles. The van der Waals surface area contributed by atoms with Crippen LogP contribution < -0.4 is 15.0 Å². The topological polar surface area (TPSA) is 63.7 Å². The van der Waals surface area contributed by atoms with Crippen LogP contribution in [-0.2, 0) is 4.74 Å². The van der Waals surface area contributed by atoms with E-state index in [4.69, 9.17) is 9.47 Å². The predicted molar refractivity (Wildman–Crippen MR) is 92.8 cm³/mol. The number of anilines is 2. The van der Waals surface area contributed by atoms with Crippen LogP contribution in [-0.4, -0.2) is 43.8 Å². The molecular formula is C18H21N3O3. The van der Waals surface area contributed by atoms with Crippen molar-refractivity contribution in [3.05, 3.63) is 48.2 Å². The van der Waals surface area contributed by atoms with Crippen molar-refractivity contribution in [3.63, 3.8) is 0 Å². The lowest BCUT2D eigenvalue weighted by Crippen LogP contribution is -2.36. The van der Waals surface area contributed by atoms with Gasteiger partial charge in [0.15, 0.2) is 0 Å². The van der Waals surface area contributed by atoms with Crippen LogP contribution in [0.4, 0.5) is 11.5 Å². The van der Waals surface area contributed by atoms with Gasteiger partial charge in [0.1, 0.15) is 11.6 Å². The highest BCUT2D eigenvalue weighted by Crippen LogP contribution is 2.17. The monoisotopic (exact) mass is 327 g/mol. The quantitative estimate of drug-likeness (QED) is 0.914. The lowest BCUT2D eigenvalue weighted by atomic mass is 10.2. The maximum Gasteiger partial charge on any atom is 0.257 e. The highest BCUT2D eigenvalue weighted by atomic mass is 16.5. The lowest BCUT2D eigenvalue weighted by molar-refractivity contribution is 0.102. The molecule has 6 heteroatoms. The first-order valence-corrected chi connectivity index (χ1v) is 8.09. The number of pyridine rings is 1. The first kappa shape index (κ1) is 16.3. The van der Waals surface area contributed by atoms with Gasteiger partial charge in [-0.2, -0.15) is 0 Å². The number of nitrogens with zero attached hydrogens (tertiary/aromatic N) is 2. The maximum absolute atomic E-state index is 12.3. The summed E-state index contributed by atoms with van der Waals surface area (Å²) in [5, 5.41) is 2.86. The summed E-state index contributed by atoms with van der Waals surface area (Å²) in [6, 6.07) is 11.0. The van der Waals surface area contributed by atoms with Gasteiger partial charge in [-0.1, -0.05) is 0 Å². The summed E-state index contributed by atoms with van der Waals surface area (Å²) < 4.78 is 10.7. The number of nitrogens with one attached hydrogen (secondary N) is 1. The molecule has 0 spiro atoms. The molecule has 0 atom stereocenters. The van der Waals surface area contributed by atoms with Crippen molar-refractivity contribution in [1.82, 2.24) is 4.98 Å². The number of carbonyl (C=O) groups excluding carboxylic acids is 1. The van der Waals surface area contributed by atoms with E-state index in [2.05, 4.69) is 15.2 Å². The summed E-state index contributed by atoms with van der Waals surface area (Å²) in [6.07, 6.45) is 1.61. The van der Waals surface area contributed by atoms with Gasteiger partial charge in [-0.25, -0.2) is 4.98 Å². The zero-order valence-electron chi connectivity index (χ0n) is 13.7. The Morgan fingerprint density at radius 3 is 2.58 bits per heavy atom. The van der Waals surface area contributed by atoms with E-state index in [1.54, 1.807) is 12.3 Å². The molecule has 2 heterocycles. The summed E-state index contributed by atoms with van der Waals surface area (Å²) in [5.74, 6) is 1.48. The highest BCUT2D eigenvalue weighted by molar-refractivity contribution is 6.04. The van der Waals surface area contributed by atoms with Crippen molar-refractivity contribution < 1.29 is 14.3 Å². The molecule has 1 aromatic heterocycles. The molecule has 0 bridgehead atoms. The van der Waals surface area contributed by atoms with Crippen LogP contribution in [0.3, 0.4) is 0 Å². The number of aromatic nitrogens is 1. The molecule has 1 aliphatic rings. The summed E-state index contributed by atoms with van der Waals surface area (Å²) in [5.41, 5.74) is 1.25. The second-order valence-corrected chi connectivity index (χ2v) is 5.42. The molecule has 1 aliphatic heterocycles. The molecule has 0 unspecified atom stereocenters. The average Bonchev–Trinajstić information content (AvgIpc) is 2.64. The Balaban J connectivity index is 1.62. The number of amides is 1. The third kappa shape index (κ3) is 4.02. The van der Waals surface area contributed by atoms with E-state index in [-0.39, 0.29) is 5.91 Å². The number of ether oxygens (including phenoxy) is 2. The van der Waals surface area contributed by atoms with Crippen LogP contribution in [0.2, 0.25) is 0 Å². The van der Waals surface area contributed by atoms with Gasteiger partial charge in [-0.3, -0.25) is 4.79 Å². The van der Waals surface area contributed by atoms with E-state index in [0.29, 0.717) is 25.4 Å². The standard InChI is InChI=1S/C18H21N3O3/c1-2-24-16-6-4-15(5-7-16)20-18(22)14-3-8-17(19-13-14)21-9-11-23-12-10-21/h3-8,13H,2,9-12H2,1H3,(H,20,22). The molecule has 0 aliphatic carbocycles. The van der Waals surface area contributed by atoms with Crippen molar-refractivity contribution in [2.45, 2.75) is 6.92 Å². The predicted octanol–water partition coefficient (Wildman–Crippen LogP) is 2.57. The van der Waals surface area contributed by atoms with Crippen LogP contribution in [0.15, 0.2) is 42.6 Å². The van der Waals surface area contributed by atoms with Crippen LogP contribution in [0.5, 0.6) is 5.75 Å². The molecule has 0 radical (unpaired) electrons. The van der Waals surface area contributed by atoms with Gasteiger partial charge in [0, 0.05) is 25.0 Å². The number of rotatable bonds is 5. The second kappa shape index (κ2) is 7.79. The van der Waals surface area contributed by atoms with Gasteiger partial charge in [0.05, 0.1) is 25.4 Å². The lowest BCUT2D eigenvalue weighted by Gasteiger charge is -2.27. The molecule has 1 amide bonds. The number of carbonyl (C=O) groups is 1. The summed E-state index contributed by atoms with van der Waals surface area (Å²) in [4.78, 5) is 18.8. The van der Waals surface area contributed by atoms with Crippen molar-refractivity contribution in [1.29, 1.82) is 0 Å². The third-order valence-electron chi connectivity index (χ3n) is 3.77. The number of benzene rings is 1. The van der Waals surface area contributed by atoms with Gasteiger partial charge in [0.25, 0.3) is 5.91 Å². The molecule has 1 fully saturated rings. The van der Waals surface area contributed by atoms with Crippen molar-refractivity contribution in [2.75, 3.05) is 43.1 Å². The fourth-order valence-corrected chi connectivity index (χ4v) is 2.50. The first-order valence-electron chi connectivity index (χ1n) is 8.09. The normalized spacial score (nSPS) is 14.3. The Morgan fingerprint density at radius 2 is 1.96 bits per heavy atom. The van der Waals surface area contributed by atoms with Gasteiger partial charge in [-0.15, -0.1) is 0 Å². The summed E-state index contributed by atoms with van der Waals surface area (Å²) in [6.45, 7) is 5.62. The minimum atomic E-state index is -0.180. The molecule has 6 nitrogen and oxygen atoms in total. The molecule has 1 aromatic carbocycles. The average molecular weight is 327 g/mol. The van der Waals surface area contributed by atoms with Gasteiger partial charge >= 0.3 is 0 Å². The van der Waals surface area contributed by atoms with Gasteiger partial charge in [-0.05, 0) is 43.3 Å². The molecular weight excluding hydrogens is 306 g/mol. The van der Waals surface area contributed by atoms with Gasteiger partial charge in [0.2, 0.25) is 0 Å². The maximum atomic E-state index is 12.3. The molecule has 2 aromatic rings. The molecule has 3 rings (SSSR count). The molecule has 24 heavy (non-hydrogen) atoms. The Bertz CT molecular complexity index is 665. The Labute approximate surface area is 141 Å². The molecule has 1 N–H and O–H groups in total. The number of hydrogen-bond acceptors (Lipinski definition) is 5. The largest absolute Gasteiger partial charge is 0.494 e. The summed E-state index contributed by atoms with van der Waals surface area (Å²) >= 11 is 0. The fraction of sp³-hybridized carbons (Fsp3) is 0.333. The third-order valence-corrected chi connectivity index (χ3v) is 3.77. The number of morpholine rings is 1. The smallest absolute Gasteiger partial charge is 0.257 e. The fourth-order valence-electron chi connectivity index (χ4n) is 2.50. The van der Waals surface area contributed by atoms with Crippen molar-refractivity contribution in [2.24, 2.45) is 0 Å². The van der Waals surface area contributed by atoms with E-state index >= 15 is 0 Å². The zero-order valence-corrected chi connectivity index (χ0v) is 13.7. The van der Waals surface area contributed by atoms with Crippen LogP contribution in [0.1, 0.15) is 17.3 Å². The van der Waals surface area contributed by atoms with Crippen LogP contribution >= 0.6 is 0 Å². The van der Waals surface area contributed by atoms with Crippen LogP contribution in [0.25, 0.3) is 0 Å². The Kier molecular flexibility index (Phi) is 5.28. The highest BCUT2D eigenvalue weighted by Gasteiger charge is 2.13. The molecule has 126 valence electrons. The SMILES string of the molecule is CCOc1ccc(NC(=O)c2ccc(N3CCOCC3)nc2)cc1. The van der Waals surface area contributed by atoms with E-state index < -0.39 is 0 Å². The summed E-state index contributed by atoms with van der Waals surface area (Å²) in [7, 11) is 0. The minimum absolute atomic E-state index is 0.180. The molecule has 1 saturated heterocycles. The van der Waals surface area contributed by atoms with Gasteiger partial charge < -0.3 is 19.7 Å². The first-order chi connectivity index (χ1) is 11.8. The zero-order chi connectivity index (χ0) is 16.8. The van der Waals surface area contributed by atoms with E-state index in [9.17, 15) is 4.79 Å². The van der Waals surface area contributed by atoms with E-state index in [1.807, 2.05) is 37.3 Å². The second-order valence-electron chi connectivity index (χ2n) is 5.42. The van der Waals surface area contributed by atoms with Crippen molar-refractivity contribution in [3.8, 4) is 5.75 Å². The van der Waals surface area contributed by atoms with E-state index in [0.717, 1.165) is 30.3 Å². The number of hydrogen-bond donors (Lipinski definition) is 1. The van der Waals surface area contributed by atoms with Crippen molar-refractivity contribution >= 4 is 17.4 Å². The Morgan fingerprint density at radius 1 is 1.21 bits per heavy atom. The van der Waals surface area contributed by atoms with Crippen LogP contribution in [0, 0.1) is 0 Å². The van der Waals surface area contributed by atoms with E-state index in [1.165, 1.54) is 0 Å². The Hall–Kier alpha value is -2.60. The minimum Gasteiger partial charge on any atom is -0.494 e.